The summed E-state index contributed by atoms with van der Waals surface area (Å²) in [7, 11) is 3.72. The third-order valence-corrected chi connectivity index (χ3v) is 5.34. The fourth-order valence-electron chi connectivity index (χ4n) is 3.30. The van der Waals surface area contributed by atoms with E-state index >= 15 is 0 Å². The normalized spacial score (nSPS) is 14.0. The lowest BCUT2D eigenvalue weighted by molar-refractivity contribution is -0.128. The summed E-state index contributed by atoms with van der Waals surface area (Å²) in [5, 5.41) is 24.9. The standard InChI is InChI=1S/C23H26N8O3/c1-15(16-8-11-25-29-16)26-22-24-10-7-19(28-22)17-5-4-6-18(27-17)20-13-21(34-30-20)23(33,14-32)9-12-31(2)3/h4-8,10-11,13-15,33H,9,12H2,1-3H3,(H,25,29)(H,24,26,28). The molecule has 0 aliphatic carbocycles. The summed E-state index contributed by atoms with van der Waals surface area (Å²) in [6.07, 6.45) is 4.00. The molecule has 3 N–H and O–H groups in total. The van der Waals surface area contributed by atoms with E-state index in [0.717, 1.165) is 5.69 Å². The predicted octanol–water partition coefficient (Wildman–Crippen LogP) is 2.43. The zero-order chi connectivity index (χ0) is 24.1. The number of aliphatic hydroxyl groups is 1. The number of H-pyrrole nitrogens is 1. The van der Waals surface area contributed by atoms with E-state index in [0.29, 0.717) is 41.6 Å². The predicted molar refractivity (Wildman–Crippen MR) is 125 cm³/mol. The van der Waals surface area contributed by atoms with Crippen LogP contribution in [0.15, 0.2) is 53.3 Å². The molecule has 4 rings (SSSR count). The smallest absolute Gasteiger partial charge is 0.223 e. The van der Waals surface area contributed by atoms with Gasteiger partial charge in [0.05, 0.1) is 28.8 Å². The molecule has 0 aliphatic heterocycles. The van der Waals surface area contributed by atoms with Gasteiger partial charge in [-0.3, -0.25) is 9.89 Å². The lowest BCUT2D eigenvalue weighted by Gasteiger charge is -2.20. The number of rotatable bonds is 10. The molecule has 0 aromatic carbocycles. The Kier molecular flexibility index (Phi) is 6.75. The molecule has 11 nitrogen and oxygen atoms in total. The van der Waals surface area contributed by atoms with Gasteiger partial charge in [0, 0.05) is 31.4 Å². The van der Waals surface area contributed by atoms with E-state index in [9.17, 15) is 9.90 Å². The fourth-order valence-corrected chi connectivity index (χ4v) is 3.30. The molecule has 0 radical (unpaired) electrons. The zero-order valence-corrected chi connectivity index (χ0v) is 19.1. The van der Waals surface area contributed by atoms with E-state index in [1.54, 1.807) is 24.5 Å². The average molecular weight is 463 g/mol. The van der Waals surface area contributed by atoms with Gasteiger partial charge in [0.15, 0.2) is 17.6 Å². The van der Waals surface area contributed by atoms with Crippen molar-refractivity contribution in [3.63, 3.8) is 0 Å². The molecule has 4 heterocycles. The Morgan fingerprint density at radius 1 is 1.15 bits per heavy atom. The maximum absolute atomic E-state index is 11.6. The van der Waals surface area contributed by atoms with Crippen LogP contribution in [-0.4, -0.2) is 67.2 Å². The van der Waals surface area contributed by atoms with E-state index in [1.807, 2.05) is 44.1 Å². The van der Waals surface area contributed by atoms with Crippen molar-refractivity contribution in [3.05, 3.63) is 60.2 Å². The number of carbonyl (C=O) groups is 1. The molecule has 4 aromatic rings. The summed E-state index contributed by atoms with van der Waals surface area (Å²) in [5.74, 6) is 0.528. The minimum Gasteiger partial charge on any atom is -0.374 e. The van der Waals surface area contributed by atoms with Crippen LogP contribution in [0.1, 0.15) is 30.8 Å². The molecular weight excluding hydrogens is 436 g/mol. The highest BCUT2D eigenvalue weighted by atomic mass is 16.5. The lowest BCUT2D eigenvalue weighted by Crippen LogP contribution is -2.31. The number of carbonyl (C=O) groups excluding carboxylic acids is 1. The van der Waals surface area contributed by atoms with Crippen LogP contribution in [0.3, 0.4) is 0 Å². The van der Waals surface area contributed by atoms with Crippen LogP contribution in [0.4, 0.5) is 5.95 Å². The van der Waals surface area contributed by atoms with Crippen LogP contribution in [0, 0.1) is 0 Å². The number of hydrogen-bond donors (Lipinski definition) is 3. The summed E-state index contributed by atoms with van der Waals surface area (Å²) in [6.45, 7) is 2.48. The van der Waals surface area contributed by atoms with Crippen LogP contribution in [-0.2, 0) is 10.4 Å². The van der Waals surface area contributed by atoms with E-state index in [2.05, 4.69) is 35.6 Å². The number of anilines is 1. The number of aromatic nitrogens is 6. The van der Waals surface area contributed by atoms with E-state index in [-0.39, 0.29) is 18.2 Å². The molecule has 0 saturated heterocycles. The first-order valence-corrected chi connectivity index (χ1v) is 10.8. The van der Waals surface area contributed by atoms with Gasteiger partial charge in [-0.05, 0) is 45.3 Å². The SMILES string of the molecule is CC(Nc1nccc(-c2cccc(-c3cc(C(O)(C=O)CCN(C)C)on3)n2)n1)c1ccn[nH]1. The van der Waals surface area contributed by atoms with Gasteiger partial charge in [-0.1, -0.05) is 11.2 Å². The average Bonchev–Trinajstić information content (AvgIpc) is 3.56. The van der Waals surface area contributed by atoms with Gasteiger partial charge in [-0.15, -0.1) is 0 Å². The van der Waals surface area contributed by atoms with E-state index in [1.165, 1.54) is 6.07 Å². The van der Waals surface area contributed by atoms with Gasteiger partial charge in [0.25, 0.3) is 0 Å². The minimum absolute atomic E-state index is 0.0605. The van der Waals surface area contributed by atoms with Crippen molar-refractivity contribution in [1.82, 2.24) is 35.2 Å². The third-order valence-electron chi connectivity index (χ3n) is 5.34. The topological polar surface area (TPSA) is 146 Å². The first kappa shape index (κ1) is 23.2. The molecule has 11 heteroatoms. The summed E-state index contributed by atoms with van der Waals surface area (Å²) in [5.41, 5.74) is 1.31. The second-order valence-electron chi connectivity index (χ2n) is 8.22. The largest absolute Gasteiger partial charge is 0.374 e. The van der Waals surface area contributed by atoms with E-state index < -0.39 is 5.60 Å². The second-order valence-corrected chi connectivity index (χ2v) is 8.22. The summed E-state index contributed by atoms with van der Waals surface area (Å²) in [6, 6.07) is 10.5. The second kappa shape index (κ2) is 9.89. The van der Waals surface area contributed by atoms with Crippen LogP contribution < -0.4 is 5.32 Å². The van der Waals surface area contributed by atoms with Crippen molar-refractivity contribution in [2.75, 3.05) is 26.0 Å². The molecule has 0 fully saturated rings. The fraction of sp³-hybridized carbons (Fsp3) is 0.304. The van der Waals surface area contributed by atoms with Gasteiger partial charge >= 0.3 is 0 Å². The van der Waals surface area contributed by atoms with Crippen LogP contribution >= 0.6 is 0 Å². The summed E-state index contributed by atoms with van der Waals surface area (Å²) in [4.78, 5) is 27.0. The van der Waals surface area contributed by atoms with Crippen molar-refractivity contribution >= 4 is 12.2 Å². The Labute approximate surface area is 196 Å². The lowest BCUT2D eigenvalue weighted by atomic mass is 9.97. The number of aromatic amines is 1. The molecule has 0 saturated carbocycles. The molecule has 0 bridgehead atoms. The Balaban J connectivity index is 1.56. The highest BCUT2D eigenvalue weighted by Crippen LogP contribution is 2.28. The summed E-state index contributed by atoms with van der Waals surface area (Å²) < 4.78 is 5.32. The van der Waals surface area contributed by atoms with Crippen molar-refractivity contribution in [1.29, 1.82) is 0 Å². The van der Waals surface area contributed by atoms with Crippen molar-refractivity contribution in [2.45, 2.75) is 25.0 Å². The number of nitrogens with one attached hydrogen (secondary N) is 2. The molecule has 34 heavy (non-hydrogen) atoms. The molecule has 176 valence electrons. The molecular formula is C23H26N8O3. The highest BCUT2D eigenvalue weighted by Gasteiger charge is 2.33. The molecule has 2 atom stereocenters. The summed E-state index contributed by atoms with van der Waals surface area (Å²) >= 11 is 0. The van der Waals surface area contributed by atoms with Crippen molar-refractivity contribution in [2.24, 2.45) is 0 Å². The minimum atomic E-state index is -1.76. The Bertz CT molecular complexity index is 1240. The number of nitrogens with zero attached hydrogens (tertiary/aromatic N) is 6. The van der Waals surface area contributed by atoms with Crippen LogP contribution in [0.2, 0.25) is 0 Å². The first-order chi connectivity index (χ1) is 16.4. The molecule has 0 aliphatic rings. The Morgan fingerprint density at radius 2 is 1.91 bits per heavy atom. The van der Waals surface area contributed by atoms with Crippen LogP contribution in [0.25, 0.3) is 22.8 Å². The van der Waals surface area contributed by atoms with Crippen molar-refractivity contribution in [3.8, 4) is 22.8 Å². The maximum Gasteiger partial charge on any atom is 0.223 e. The number of pyridine rings is 1. The number of aldehydes is 1. The molecule has 0 amide bonds. The van der Waals surface area contributed by atoms with Crippen molar-refractivity contribution < 1.29 is 14.4 Å². The Morgan fingerprint density at radius 3 is 2.62 bits per heavy atom. The first-order valence-electron chi connectivity index (χ1n) is 10.8. The molecule has 2 unspecified atom stereocenters. The number of hydrogen-bond acceptors (Lipinski definition) is 10. The van der Waals surface area contributed by atoms with E-state index in [4.69, 9.17) is 4.52 Å². The Hall–Kier alpha value is -3.96. The van der Waals surface area contributed by atoms with Gasteiger partial charge < -0.3 is 19.8 Å². The molecule has 4 aromatic heterocycles. The van der Waals surface area contributed by atoms with Gasteiger partial charge in [0.1, 0.15) is 5.69 Å². The van der Waals surface area contributed by atoms with Gasteiger partial charge in [0.2, 0.25) is 5.95 Å². The molecule has 0 spiro atoms. The monoisotopic (exact) mass is 462 g/mol. The zero-order valence-electron chi connectivity index (χ0n) is 19.1. The van der Waals surface area contributed by atoms with Gasteiger partial charge in [-0.25, -0.2) is 15.0 Å². The quantitative estimate of drug-likeness (QED) is 0.300. The third kappa shape index (κ3) is 5.16. The highest BCUT2D eigenvalue weighted by molar-refractivity contribution is 5.67. The van der Waals surface area contributed by atoms with Gasteiger partial charge in [-0.2, -0.15) is 5.10 Å². The maximum atomic E-state index is 11.6. The van der Waals surface area contributed by atoms with Crippen LogP contribution in [0.5, 0.6) is 0 Å².